The van der Waals surface area contributed by atoms with Crippen molar-refractivity contribution in [3.05, 3.63) is 51.0 Å². The molecule has 0 saturated heterocycles. The third-order valence-corrected chi connectivity index (χ3v) is 4.06. The zero-order valence-corrected chi connectivity index (χ0v) is 15.9. The van der Waals surface area contributed by atoms with Gasteiger partial charge < -0.3 is 20.5 Å². The molecule has 2 amide bonds. The average molecular weight is 428 g/mol. The molecule has 0 aliphatic rings. The molecule has 6 nitrogen and oxygen atoms in total. The van der Waals surface area contributed by atoms with Gasteiger partial charge in [0.2, 0.25) is 0 Å². The lowest BCUT2D eigenvalue weighted by atomic mass is 10.1. The molecule has 0 saturated carbocycles. The maximum atomic E-state index is 12.5. The number of aryl methyl sites for hydroxylation is 1. The summed E-state index contributed by atoms with van der Waals surface area (Å²) in [7, 11) is 1.41. The molecule has 0 unspecified atom stereocenters. The third kappa shape index (κ3) is 4.87. The highest BCUT2D eigenvalue weighted by Gasteiger charge is 2.17. The number of carbonyl (C=O) groups is 2. The standard InChI is InChI=1S/C17H16BrClN2O4/c1-9-5-11(18)3-4-13(9)21-17(23)10-6-12(19)16(14(7-10)24-2)25-8-15(20)22/h3-7H,8H2,1-2H3,(H2,20,22)(H,21,23). The first-order valence-corrected chi connectivity index (χ1v) is 8.35. The molecule has 0 fully saturated rings. The molecule has 0 heterocycles. The number of hydrogen-bond acceptors (Lipinski definition) is 4. The van der Waals surface area contributed by atoms with Crippen LogP contribution in [0.25, 0.3) is 0 Å². The van der Waals surface area contributed by atoms with Gasteiger partial charge in [0.05, 0.1) is 12.1 Å². The van der Waals surface area contributed by atoms with Crippen molar-refractivity contribution >= 4 is 45.0 Å². The van der Waals surface area contributed by atoms with Gasteiger partial charge in [-0.15, -0.1) is 0 Å². The van der Waals surface area contributed by atoms with Crippen molar-refractivity contribution < 1.29 is 19.1 Å². The lowest BCUT2D eigenvalue weighted by Gasteiger charge is -2.14. The fourth-order valence-electron chi connectivity index (χ4n) is 2.10. The molecular formula is C17H16BrClN2O4. The Labute approximate surface area is 158 Å². The topological polar surface area (TPSA) is 90.7 Å². The van der Waals surface area contributed by atoms with Crippen LogP contribution < -0.4 is 20.5 Å². The summed E-state index contributed by atoms with van der Waals surface area (Å²) < 4.78 is 11.3. The van der Waals surface area contributed by atoms with E-state index in [-0.39, 0.29) is 34.6 Å². The summed E-state index contributed by atoms with van der Waals surface area (Å²) in [4.78, 5) is 23.4. The van der Waals surface area contributed by atoms with E-state index in [0.29, 0.717) is 5.69 Å². The summed E-state index contributed by atoms with van der Waals surface area (Å²) in [5.74, 6) is -0.622. The number of primary amides is 1. The molecule has 2 rings (SSSR count). The Morgan fingerprint density at radius 3 is 2.60 bits per heavy atom. The molecule has 0 aliphatic heterocycles. The minimum Gasteiger partial charge on any atom is -0.493 e. The van der Waals surface area contributed by atoms with Gasteiger partial charge in [0.15, 0.2) is 18.1 Å². The summed E-state index contributed by atoms with van der Waals surface area (Å²) >= 11 is 9.53. The zero-order valence-electron chi connectivity index (χ0n) is 13.6. The Morgan fingerprint density at radius 2 is 2.00 bits per heavy atom. The predicted molar refractivity (Wildman–Crippen MR) is 99.5 cm³/mol. The SMILES string of the molecule is COc1cc(C(=O)Nc2ccc(Br)cc2C)cc(Cl)c1OCC(N)=O. The largest absolute Gasteiger partial charge is 0.493 e. The maximum Gasteiger partial charge on any atom is 0.255 e. The second kappa shape index (κ2) is 8.22. The van der Waals surface area contributed by atoms with Crippen molar-refractivity contribution in [2.45, 2.75) is 6.92 Å². The molecule has 2 aromatic carbocycles. The first kappa shape index (κ1) is 19.1. The zero-order chi connectivity index (χ0) is 18.6. The van der Waals surface area contributed by atoms with E-state index in [0.717, 1.165) is 10.0 Å². The quantitative estimate of drug-likeness (QED) is 0.738. The van der Waals surface area contributed by atoms with Crippen LogP contribution in [0.5, 0.6) is 11.5 Å². The van der Waals surface area contributed by atoms with E-state index in [2.05, 4.69) is 21.2 Å². The van der Waals surface area contributed by atoms with E-state index in [9.17, 15) is 9.59 Å². The smallest absolute Gasteiger partial charge is 0.255 e. The molecule has 2 aromatic rings. The monoisotopic (exact) mass is 426 g/mol. The number of ether oxygens (including phenoxy) is 2. The van der Waals surface area contributed by atoms with Gasteiger partial charge in [-0.3, -0.25) is 9.59 Å². The number of nitrogens with one attached hydrogen (secondary N) is 1. The number of benzene rings is 2. The number of methoxy groups -OCH3 is 1. The maximum absolute atomic E-state index is 12.5. The Balaban J connectivity index is 2.27. The molecule has 0 spiro atoms. The minimum atomic E-state index is -0.648. The van der Waals surface area contributed by atoms with E-state index in [1.165, 1.54) is 19.2 Å². The van der Waals surface area contributed by atoms with Gasteiger partial charge >= 0.3 is 0 Å². The van der Waals surface area contributed by atoms with Crippen molar-refractivity contribution in [2.24, 2.45) is 5.73 Å². The van der Waals surface area contributed by atoms with Crippen molar-refractivity contribution in [1.29, 1.82) is 0 Å². The fraction of sp³-hybridized carbons (Fsp3) is 0.176. The molecule has 8 heteroatoms. The summed E-state index contributed by atoms with van der Waals surface area (Å²) in [5, 5.41) is 2.95. The first-order valence-electron chi connectivity index (χ1n) is 7.18. The number of halogens is 2. The third-order valence-electron chi connectivity index (χ3n) is 3.29. The van der Waals surface area contributed by atoms with Gasteiger partial charge in [-0.05, 0) is 42.8 Å². The van der Waals surface area contributed by atoms with Crippen LogP contribution in [0.2, 0.25) is 5.02 Å². The molecule has 0 atom stereocenters. The number of nitrogens with two attached hydrogens (primary N) is 1. The van der Waals surface area contributed by atoms with E-state index in [1.54, 1.807) is 6.07 Å². The highest BCUT2D eigenvalue weighted by atomic mass is 79.9. The molecule has 0 radical (unpaired) electrons. The van der Waals surface area contributed by atoms with Crippen LogP contribution in [0.1, 0.15) is 15.9 Å². The minimum absolute atomic E-state index is 0.137. The van der Waals surface area contributed by atoms with E-state index < -0.39 is 5.91 Å². The summed E-state index contributed by atoms with van der Waals surface area (Å²) in [6, 6.07) is 8.43. The van der Waals surface area contributed by atoms with Gasteiger partial charge in [0.1, 0.15) is 0 Å². The van der Waals surface area contributed by atoms with Gasteiger partial charge in [-0.25, -0.2) is 0 Å². The summed E-state index contributed by atoms with van der Waals surface area (Å²) in [5.41, 5.74) is 6.93. The van der Waals surface area contributed by atoms with E-state index in [4.69, 9.17) is 26.8 Å². The predicted octanol–water partition coefficient (Wildman–Crippen LogP) is 3.54. The van der Waals surface area contributed by atoms with E-state index in [1.807, 2.05) is 19.1 Å². The number of amides is 2. The highest BCUT2D eigenvalue weighted by Crippen LogP contribution is 2.36. The Bertz CT molecular complexity index is 827. The average Bonchev–Trinajstić information content (AvgIpc) is 2.55. The molecule has 3 N–H and O–H groups in total. The molecular weight excluding hydrogens is 412 g/mol. The second-order valence-corrected chi connectivity index (χ2v) is 6.48. The Kier molecular flexibility index (Phi) is 6.27. The van der Waals surface area contributed by atoms with Crippen molar-refractivity contribution in [3.63, 3.8) is 0 Å². The fourth-order valence-corrected chi connectivity index (χ4v) is 2.84. The lowest BCUT2D eigenvalue weighted by Crippen LogP contribution is -2.20. The van der Waals surface area contributed by atoms with Crippen molar-refractivity contribution in [2.75, 3.05) is 19.0 Å². The van der Waals surface area contributed by atoms with Gasteiger partial charge in [-0.1, -0.05) is 27.5 Å². The van der Waals surface area contributed by atoms with Crippen LogP contribution in [-0.2, 0) is 4.79 Å². The van der Waals surface area contributed by atoms with Crippen LogP contribution in [-0.4, -0.2) is 25.5 Å². The van der Waals surface area contributed by atoms with Crippen LogP contribution >= 0.6 is 27.5 Å². The van der Waals surface area contributed by atoms with Crippen LogP contribution in [0, 0.1) is 6.92 Å². The molecule has 0 aromatic heterocycles. The van der Waals surface area contributed by atoms with Crippen LogP contribution in [0.4, 0.5) is 5.69 Å². The lowest BCUT2D eigenvalue weighted by molar-refractivity contribution is -0.119. The van der Waals surface area contributed by atoms with Crippen molar-refractivity contribution in [3.8, 4) is 11.5 Å². The second-order valence-electron chi connectivity index (χ2n) is 5.16. The number of carbonyl (C=O) groups excluding carboxylic acids is 2. The Hall–Kier alpha value is -2.25. The summed E-state index contributed by atoms with van der Waals surface area (Å²) in [6.07, 6.45) is 0. The highest BCUT2D eigenvalue weighted by molar-refractivity contribution is 9.10. The van der Waals surface area contributed by atoms with Gasteiger partial charge in [0, 0.05) is 15.7 Å². The van der Waals surface area contributed by atoms with Gasteiger partial charge in [0.25, 0.3) is 11.8 Å². The molecule has 25 heavy (non-hydrogen) atoms. The first-order chi connectivity index (χ1) is 11.8. The molecule has 0 bridgehead atoms. The van der Waals surface area contributed by atoms with E-state index >= 15 is 0 Å². The number of rotatable bonds is 6. The molecule has 132 valence electrons. The normalized spacial score (nSPS) is 10.2. The number of anilines is 1. The van der Waals surface area contributed by atoms with Crippen LogP contribution in [0.3, 0.4) is 0 Å². The van der Waals surface area contributed by atoms with Crippen LogP contribution in [0.15, 0.2) is 34.8 Å². The Morgan fingerprint density at radius 1 is 1.28 bits per heavy atom. The number of hydrogen-bond donors (Lipinski definition) is 2. The molecule has 0 aliphatic carbocycles. The summed E-state index contributed by atoms with van der Waals surface area (Å²) in [6.45, 7) is 1.54. The van der Waals surface area contributed by atoms with Crippen molar-refractivity contribution in [1.82, 2.24) is 0 Å². The van der Waals surface area contributed by atoms with Gasteiger partial charge in [-0.2, -0.15) is 0 Å².